The van der Waals surface area contributed by atoms with Crippen molar-refractivity contribution < 1.29 is 5.11 Å². The van der Waals surface area contributed by atoms with Gasteiger partial charge in [0.15, 0.2) is 0 Å². The zero-order chi connectivity index (χ0) is 9.68. The molecule has 0 amide bonds. The van der Waals surface area contributed by atoms with Crippen molar-refractivity contribution in [3.8, 4) is 6.07 Å². The van der Waals surface area contributed by atoms with Gasteiger partial charge >= 0.3 is 0 Å². The summed E-state index contributed by atoms with van der Waals surface area (Å²) in [5, 5.41) is 17.4. The van der Waals surface area contributed by atoms with Gasteiger partial charge < -0.3 is 5.11 Å². The molecular weight excluding hydrogens is 162 g/mol. The first-order valence-corrected chi connectivity index (χ1v) is 4.37. The Hall–Kier alpha value is -1.33. The van der Waals surface area contributed by atoms with Crippen molar-refractivity contribution in [1.82, 2.24) is 0 Å². The highest BCUT2D eigenvalue weighted by Crippen LogP contribution is 2.14. The van der Waals surface area contributed by atoms with Gasteiger partial charge in [-0.3, -0.25) is 0 Å². The highest BCUT2D eigenvalue weighted by atomic mass is 16.2. The van der Waals surface area contributed by atoms with E-state index in [1.54, 1.807) is 0 Å². The fourth-order valence-electron chi connectivity index (χ4n) is 1.18. The molecule has 0 radical (unpaired) electrons. The van der Waals surface area contributed by atoms with Gasteiger partial charge in [0, 0.05) is 6.61 Å². The fourth-order valence-corrected chi connectivity index (χ4v) is 1.18. The van der Waals surface area contributed by atoms with Crippen molar-refractivity contribution in [2.75, 3.05) is 6.61 Å². The Labute approximate surface area is 78.4 Å². The second-order valence-corrected chi connectivity index (χ2v) is 3.07. The molecule has 0 saturated carbocycles. The van der Waals surface area contributed by atoms with Crippen LogP contribution in [0.3, 0.4) is 0 Å². The first-order valence-electron chi connectivity index (χ1n) is 4.37. The van der Waals surface area contributed by atoms with Gasteiger partial charge in [-0.05, 0) is 24.5 Å². The molecule has 0 aliphatic rings. The van der Waals surface area contributed by atoms with E-state index in [9.17, 15) is 0 Å². The van der Waals surface area contributed by atoms with E-state index < -0.39 is 0 Å². The van der Waals surface area contributed by atoms with Crippen molar-refractivity contribution in [3.05, 3.63) is 35.4 Å². The summed E-state index contributed by atoms with van der Waals surface area (Å²) < 4.78 is 0. The molecule has 0 aliphatic carbocycles. The van der Waals surface area contributed by atoms with Crippen molar-refractivity contribution in [2.24, 2.45) is 0 Å². The molecule has 0 heterocycles. The number of nitrogens with zero attached hydrogens (tertiary/aromatic N) is 1. The van der Waals surface area contributed by atoms with Crippen LogP contribution in [0.4, 0.5) is 0 Å². The number of aliphatic hydroxyl groups is 1. The lowest BCUT2D eigenvalue weighted by molar-refractivity contribution is 0.299. The highest BCUT2D eigenvalue weighted by molar-refractivity contribution is 5.28. The zero-order valence-corrected chi connectivity index (χ0v) is 7.70. The van der Waals surface area contributed by atoms with E-state index in [0.717, 1.165) is 11.1 Å². The van der Waals surface area contributed by atoms with E-state index in [-0.39, 0.29) is 12.5 Å². The first kappa shape index (κ1) is 9.76. The van der Waals surface area contributed by atoms with Gasteiger partial charge in [-0.2, -0.15) is 5.26 Å². The zero-order valence-electron chi connectivity index (χ0n) is 7.70. The number of hydrogen-bond donors (Lipinski definition) is 1. The maximum Gasteiger partial charge on any atom is 0.0700 e. The maximum atomic E-state index is 8.69. The molecule has 0 fully saturated rings. The molecule has 2 heteroatoms. The molecule has 68 valence electrons. The van der Waals surface area contributed by atoms with Crippen molar-refractivity contribution in [1.29, 1.82) is 5.26 Å². The van der Waals surface area contributed by atoms with Gasteiger partial charge in [0.25, 0.3) is 0 Å². The van der Waals surface area contributed by atoms with E-state index in [1.165, 1.54) is 0 Å². The molecule has 2 nitrogen and oxygen atoms in total. The third kappa shape index (κ3) is 2.57. The van der Waals surface area contributed by atoms with E-state index >= 15 is 0 Å². The number of aliphatic hydroxyl groups excluding tert-OH is 1. The van der Waals surface area contributed by atoms with Crippen LogP contribution < -0.4 is 0 Å². The number of benzene rings is 1. The lowest BCUT2D eigenvalue weighted by Gasteiger charge is -2.03. The van der Waals surface area contributed by atoms with E-state index in [0.29, 0.717) is 6.42 Å². The average molecular weight is 175 g/mol. The molecule has 1 rings (SSSR count). The van der Waals surface area contributed by atoms with E-state index in [1.807, 2.05) is 31.2 Å². The summed E-state index contributed by atoms with van der Waals surface area (Å²) in [5.74, 6) is -0.0526. The van der Waals surface area contributed by atoms with Crippen molar-refractivity contribution >= 4 is 0 Å². The van der Waals surface area contributed by atoms with Crippen LogP contribution in [0.5, 0.6) is 0 Å². The Morgan fingerprint density at radius 1 is 1.38 bits per heavy atom. The lowest BCUT2D eigenvalue weighted by atomic mass is 10.0. The van der Waals surface area contributed by atoms with Gasteiger partial charge in [-0.15, -0.1) is 0 Å². The van der Waals surface area contributed by atoms with Crippen LogP contribution in [0.25, 0.3) is 0 Å². The minimum atomic E-state index is -0.0526. The van der Waals surface area contributed by atoms with Gasteiger partial charge in [0.1, 0.15) is 0 Å². The largest absolute Gasteiger partial charge is 0.396 e. The SMILES string of the molecule is CC(C#N)c1ccc(CCO)cc1. The summed E-state index contributed by atoms with van der Waals surface area (Å²) in [6.45, 7) is 2.05. The maximum absolute atomic E-state index is 8.69. The molecule has 1 aromatic rings. The quantitative estimate of drug-likeness (QED) is 0.761. The summed E-state index contributed by atoms with van der Waals surface area (Å²) in [6, 6.07) is 9.99. The van der Waals surface area contributed by atoms with Gasteiger partial charge in [0.2, 0.25) is 0 Å². The fraction of sp³-hybridized carbons (Fsp3) is 0.364. The monoisotopic (exact) mass is 175 g/mol. The molecule has 0 saturated heterocycles. The molecule has 0 spiro atoms. The first-order chi connectivity index (χ1) is 6.27. The van der Waals surface area contributed by atoms with Crippen LogP contribution in [0, 0.1) is 11.3 Å². The second-order valence-electron chi connectivity index (χ2n) is 3.07. The Kier molecular flexibility index (Phi) is 3.48. The molecule has 1 aromatic carbocycles. The number of nitriles is 1. The van der Waals surface area contributed by atoms with Crippen LogP contribution in [-0.4, -0.2) is 11.7 Å². The summed E-state index contributed by atoms with van der Waals surface area (Å²) in [6.07, 6.45) is 0.682. The summed E-state index contributed by atoms with van der Waals surface area (Å²) in [7, 11) is 0. The van der Waals surface area contributed by atoms with Crippen LogP contribution >= 0.6 is 0 Å². The predicted octanol–water partition coefficient (Wildman–Crippen LogP) is 1.85. The van der Waals surface area contributed by atoms with E-state index in [4.69, 9.17) is 10.4 Å². The number of rotatable bonds is 3. The standard InChI is InChI=1S/C11H13NO/c1-9(8-12)11-4-2-10(3-5-11)6-7-13/h2-5,9,13H,6-7H2,1H3. The summed E-state index contributed by atoms with van der Waals surface area (Å²) >= 11 is 0. The Balaban J connectivity index is 2.76. The van der Waals surface area contributed by atoms with Gasteiger partial charge in [0.05, 0.1) is 12.0 Å². The Morgan fingerprint density at radius 3 is 2.46 bits per heavy atom. The predicted molar refractivity (Wildman–Crippen MR) is 51.3 cm³/mol. The normalized spacial score (nSPS) is 12.1. The highest BCUT2D eigenvalue weighted by Gasteiger charge is 2.02. The molecule has 0 aliphatic heterocycles. The van der Waals surface area contributed by atoms with Gasteiger partial charge in [-0.25, -0.2) is 0 Å². The minimum absolute atomic E-state index is 0.0526. The third-order valence-electron chi connectivity index (χ3n) is 2.07. The number of hydrogen-bond acceptors (Lipinski definition) is 2. The molecule has 1 unspecified atom stereocenters. The molecular formula is C11H13NO. The molecule has 0 aromatic heterocycles. The lowest BCUT2D eigenvalue weighted by Crippen LogP contribution is -1.93. The van der Waals surface area contributed by atoms with Gasteiger partial charge in [-0.1, -0.05) is 24.3 Å². The molecule has 13 heavy (non-hydrogen) atoms. The third-order valence-corrected chi connectivity index (χ3v) is 2.07. The Morgan fingerprint density at radius 2 is 2.00 bits per heavy atom. The van der Waals surface area contributed by atoms with Crippen LogP contribution in [0.15, 0.2) is 24.3 Å². The van der Waals surface area contributed by atoms with E-state index in [2.05, 4.69) is 6.07 Å². The molecule has 0 bridgehead atoms. The molecule has 1 N–H and O–H groups in total. The smallest absolute Gasteiger partial charge is 0.0700 e. The van der Waals surface area contributed by atoms with Crippen LogP contribution in [0.1, 0.15) is 24.0 Å². The summed E-state index contributed by atoms with van der Waals surface area (Å²) in [4.78, 5) is 0. The van der Waals surface area contributed by atoms with Crippen molar-refractivity contribution in [2.45, 2.75) is 19.3 Å². The van der Waals surface area contributed by atoms with Crippen LogP contribution in [-0.2, 0) is 6.42 Å². The Bertz CT molecular complexity index is 297. The second kappa shape index (κ2) is 4.64. The van der Waals surface area contributed by atoms with Crippen LogP contribution in [0.2, 0.25) is 0 Å². The molecule has 1 atom stereocenters. The summed E-state index contributed by atoms with van der Waals surface area (Å²) in [5.41, 5.74) is 2.14. The topological polar surface area (TPSA) is 44.0 Å². The minimum Gasteiger partial charge on any atom is -0.396 e. The average Bonchev–Trinajstić information content (AvgIpc) is 2.18. The van der Waals surface area contributed by atoms with Crippen molar-refractivity contribution in [3.63, 3.8) is 0 Å².